The van der Waals surface area contributed by atoms with Crippen molar-refractivity contribution in [2.75, 3.05) is 0 Å². The number of hydrogen-bond donors (Lipinski definition) is 1. The lowest BCUT2D eigenvalue weighted by Gasteiger charge is -2.32. The van der Waals surface area contributed by atoms with Gasteiger partial charge < -0.3 is 9.88 Å². The molecule has 2 aliphatic carbocycles. The molecule has 0 bridgehead atoms. The van der Waals surface area contributed by atoms with Gasteiger partial charge in [-0.25, -0.2) is 0 Å². The van der Waals surface area contributed by atoms with Crippen LogP contribution in [0, 0.1) is 12.8 Å². The van der Waals surface area contributed by atoms with Crippen LogP contribution in [0.3, 0.4) is 0 Å². The van der Waals surface area contributed by atoms with E-state index >= 15 is 0 Å². The van der Waals surface area contributed by atoms with Crippen LogP contribution in [-0.4, -0.2) is 33.7 Å². The van der Waals surface area contributed by atoms with Gasteiger partial charge in [0.25, 0.3) is 5.91 Å². The van der Waals surface area contributed by atoms with Crippen molar-refractivity contribution in [3.05, 3.63) is 22.5 Å². The van der Waals surface area contributed by atoms with Gasteiger partial charge in [-0.15, -0.1) is 0 Å². The van der Waals surface area contributed by atoms with E-state index in [0.717, 1.165) is 42.5 Å². The molecule has 1 aromatic heterocycles. The van der Waals surface area contributed by atoms with E-state index in [2.05, 4.69) is 25.8 Å². The Morgan fingerprint density at radius 2 is 1.91 bits per heavy atom. The molecule has 1 fully saturated rings. The van der Waals surface area contributed by atoms with E-state index < -0.39 is 0 Å². The van der Waals surface area contributed by atoms with Crippen molar-refractivity contribution in [1.82, 2.24) is 9.88 Å². The highest BCUT2D eigenvalue weighted by atomic mass is 16.2. The van der Waals surface area contributed by atoms with Crippen LogP contribution in [0.25, 0.3) is 0 Å². The molecule has 1 aromatic rings. The molecule has 4 nitrogen and oxygen atoms in total. The number of hydrogen-bond acceptors (Lipinski definition) is 2. The number of aromatic amines is 1. The van der Waals surface area contributed by atoms with Crippen molar-refractivity contribution in [3.63, 3.8) is 0 Å². The van der Waals surface area contributed by atoms with Crippen LogP contribution in [0.2, 0.25) is 0 Å². The Kier molecular flexibility index (Phi) is 3.87. The molecule has 0 radical (unpaired) electrons. The average molecular weight is 302 g/mol. The standard InChI is InChI=1S/C18H26N2O2/c1-10(2)12(4)20(13-8-9-13)18(22)17-11(3)16-14(19-17)6-5-7-15(16)21/h10,12-13,19H,5-9H2,1-4H3. The van der Waals surface area contributed by atoms with Crippen LogP contribution in [0.5, 0.6) is 0 Å². The fraction of sp³-hybridized carbons (Fsp3) is 0.667. The van der Waals surface area contributed by atoms with Crippen molar-refractivity contribution in [3.8, 4) is 0 Å². The molecule has 1 heterocycles. The average Bonchev–Trinajstić information content (AvgIpc) is 3.23. The summed E-state index contributed by atoms with van der Waals surface area (Å²) < 4.78 is 0. The lowest BCUT2D eigenvalue weighted by molar-refractivity contribution is 0.0621. The number of nitrogens with zero attached hydrogens (tertiary/aromatic N) is 1. The number of ketones is 1. The Bertz CT molecular complexity index is 611. The predicted molar refractivity (Wildman–Crippen MR) is 86.3 cm³/mol. The van der Waals surface area contributed by atoms with Gasteiger partial charge in [-0.05, 0) is 51.0 Å². The maximum atomic E-state index is 13.1. The molecule has 22 heavy (non-hydrogen) atoms. The van der Waals surface area contributed by atoms with E-state index in [1.807, 2.05) is 11.8 Å². The van der Waals surface area contributed by atoms with Crippen molar-refractivity contribution in [2.45, 2.75) is 71.9 Å². The van der Waals surface area contributed by atoms with Crippen LogP contribution in [-0.2, 0) is 6.42 Å². The molecule has 1 amide bonds. The number of fused-ring (bicyclic) bond motifs is 1. The highest BCUT2D eigenvalue weighted by Crippen LogP contribution is 2.34. The fourth-order valence-electron chi connectivity index (χ4n) is 3.47. The van der Waals surface area contributed by atoms with E-state index in [0.29, 0.717) is 24.1 Å². The molecule has 0 aromatic carbocycles. The molecular formula is C18H26N2O2. The van der Waals surface area contributed by atoms with Gasteiger partial charge in [0.05, 0.1) is 0 Å². The van der Waals surface area contributed by atoms with Gasteiger partial charge in [0.1, 0.15) is 5.69 Å². The van der Waals surface area contributed by atoms with Gasteiger partial charge in [-0.2, -0.15) is 0 Å². The third-order valence-electron chi connectivity index (χ3n) is 5.23. The van der Waals surface area contributed by atoms with Gasteiger partial charge in [-0.1, -0.05) is 13.8 Å². The summed E-state index contributed by atoms with van der Waals surface area (Å²) in [6.07, 6.45) is 4.56. The van der Waals surface area contributed by atoms with Crippen molar-refractivity contribution in [2.24, 2.45) is 5.92 Å². The Balaban J connectivity index is 1.96. The first kappa shape index (κ1) is 15.3. The summed E-state index contributed by atoms with van der Waals surface area (Å²) >= 11 is 0. The number of carbonyl (C=O) groups is 2. The van der Waals surface area contributed by atoms with Gasteiger partial charge >= 0.3 is 0 Å². The van der Waals surface area contributed by atoms with Gasteiger partial charge in [0.15, 0.2) is 5.78 Å². The minimum Gasteiger partial charge on any atom is -0.354 e. The SMILES string of the molecule is Cc1c(C(=O)N(C2CC2)C(C)C(C)C)[nH]c2c1C(=O)CCC2. The molecule has 0 aliphatic heterocycles. The van der Waals surface area contributed by atoms with Crippen molar-refractivity contribution < 1.29 is 9.59 Å². The van der Waals surface area contributed by atoms with Gasteiger partial charge in [0.2, 0.25) is 0 Å². The first-order chi connectivity index (χ1) is 10.4. The van der Waals surface area contributed by atoms with E-state index in [4.69, 9.17) is 0 Å². The summed E-state index contributed by atoms with van der Waals surface area (Å²) in [6, 6.07) is 0.593. The predicted octanol–water partition coefficient (Wildman–Crippen LogP) is 3.49. The molecule has 1 N–H and O–H groups in total. The molecular weight excluding hydrogens is 276 g/mol. The Morgan fingerprint density at radius 1 is 1.23 bits per heavy atom. The summed E-state index contributed by atoms with van der Waals surface area (Å²) in [5, 5.41) is 0. The van der Waals surface area contributed by atoms with E-state index in [9.17, 15) is 9.59 Å². The molecule has 0 spiro atoms. The topological polar surface area (TPSA) is 53.2 Å². The Labute approximate surface area is 132 Å². The third-order valence-corrected chi connectivity index (χ3v) is 5.23. The number of nitrogens with one attached hydrogen (secondary N) is 1. The smallest absolute Gasteiger partial charge is 0.271 e. The maximum absolute atomic E-state index is 13.1. The number of rotatable bonds is 4. The van der Waals surface area contributed by atoms with Crippen LogP contribution < -0.4 is 0 Å². The molecule has 3 rings (SSSR count). The zero-order valence-electron chi connectivity index (χ0n) is 14.0. The molecule has 2 aliphatic rings. The van der Waals surface area contributed by atoms with Crippen LogP contribution in [0.15, 0.2) is 0 Å². The second kappa shape index (κ2) is 5.56. The second-order valence-corrected chi connectivity index (χ2v) is 7.18. The van der Waals surface area contributed by atoms with Crippen molar-refractivity contribution in [1.29, 1.82) is 0 Å². The highest BCUT2D eigenvalue weighted by Gasteiger charge is 2.39. The van der Waals surface area contributed by atoms with E-state index in [-0.39, 0.29) is 17.7 Å². The van der Waals surface area contributed by atoms with Crippen LogP contribution >= 0.6 is 0 Å². The number of aromatic nitrogens is 1. The number of carbonyl (C=O) groups excluding carboxylic acids is 2. The van der Waals surface area contributed by atoms with E-state index in [1.54, 1.807) is 0 Å². The normalized spacial score (nSPS) is 19.2. The number of H-pyrrole nitrogens is 1. The number of Topliss-reactive ketones (excluding diaryl/α,β-unsaturated/α-hetero) is 1. The quantitative estimate of drug-likeness (QED) is 0.925. The molecule has 1 atom stereocenters. The lowest BCUT2D eigenvalue weighted by atomic mass is 9.93. The lowest BCUT2D eigenvalue weighted by Crippen LogP contribution is -2.43. The van der Waals surface area contributed by atoms with Crippen LogP contribution in [0.4, 0.5) is 0 Å². The molecule has 4 heteroatoms. The zero-order valence-corrected chi connectivity index (χ0v) is 14.0. The maximum Gasteiger partial charge on any atom is 0.271 e. The molecule has 0 saturated heterocycles. The zero-order chi connectivity index (χ0) is 16.0. The fourth-order valence-corrected chi connectivity index (χ4v) is 3.47. The number of amides is 1. The minimum atomic E-state index is 0.0726. The summed E-state index contributed by atoms with van der Waals surface area (Å²) in [5.41, 5.74) is 3.23. The molecule has 1 unspecified atom stereocenters. The highest BCUT2D eigenvalue weighted by molar-refractivity contribution is 6.04. The summed E-state index contributed by atoms with van der Waals surface area (Å²) in [4.78, 5) is 30.6. The summed E-state index contributed by atoms with van der Waals surface area (Å²) in [7, 11) is 0. The molecule has 1 saturated carbocycles. The van der Waals surface area contributed by atoms with Gasteiger partial charge in [0, 0.05) is 29.8 Å². The van der Waals surface area contributed by atoms with Gasteiger partial charge in [-0.3, -0.25) is 9.59 Å². The number of aryl methyl sites for hydroxylation is 1. The molecule has 120 valence electrons. The Morgan fingerprint density at radius 3 is 2.45 bits per heavy atom. The first-order valence-electron chi connectivity index (χ1n) is 8.49. The Hall–Kier alpha value is -1.58. The third kappa shape index (κ3) is 2.49. The summed E-state index contributed by atoms with van der Waals surface area (Å²) in [6.45, 7) is 8.36. The monoisotopic (exact) mass is 302 g/mol. The second-order valence-electron chi connectivity index (χ2n) is 7.18. The van der Waals surface area contributed by atoms with Crippen LogP contribution in [0.1, 0.15) is 78.6 Å². The van der Waals surface area contributed by atoms with Crippen molar-refractivity contribution >= 4 is 11.7 Å². The first-order valence-corrected chi connectivity index (χ1v) is 8.49. The largest absolute Gasteiger partial charge is 0.354 e. The van der Waals surface area contributed by atoms with E-state index in [1.165, 1.54) is 0 Å². The minimum absolute atomic E-state index is 0.0726. The summed E-state index contributed by atoms with van der Waals surface area (Å²) in [5.74, 6) is 0.684.